The van der Waals surface area contributed by atoms with E-state index in [2.05, 4.69) is 10.1 Å². The Morgan fingerprint density at radius 2 is 1.87 bits per heavy atom. The number of hydrogen-bond acceptors (Lipinski definition) is 5. The number of urea groups is 1. The number of halogens is 2. The minimum absolute atomic E-state index is 0.00352. The number of esters is 1. The number of amides is 3. The zero-order valence-corrected chi connectivity index (χ0v) is 13.7. The summed E-state index contributed by atoms with van der Waals surface area (Å²) in [5, 5.41) is 2.89. The van der Waals surface area contributed by atoms with Crippen molar-refractivity contribution >= 4 is 47.2 Å². The fourth-order valence-corrected chi connectivity index (χ4v) is 2.59. The van der Waals surface area contributed by atoms with Gasteiger partial charge in [0.25, 0.3) is 5.91 Å². The molecule has 9 heteroatoms. The summed E-state index contributed by atoms with van der Waals surface area (Å²) >= 11 is 12.0. The summed E-state index contributed by atoms with van der Waals surface area (Å²) in [6, 6.07) is 2.35. The van der Waals surface area contributed by atoms with Crippen LogP contribution in [0.2, 0.25) is 10.0 Å². The summed E-state index contributed by atoms with van der Waals surface area (Å²) in [5.74, 6) is -1.04. The topological polar surface area (TPSA) is 84.9 Å². The van der Waals surface area contributed by atoms with Gasteiger partial charge in [-0.3, -0.25) is 9.59 Å². The predicted octanol–water partition coefficient (Wildman–Crippen LogP) is 2.07. The molecule has 1 saturated heterocycles. The number of nitrogens with one attached hydrogen (secondary N) is 1. The van der Waals surface area contributed by atoms with Gasteiger partial charge in [0.15, 0.2) is 5.75 Å². The van der Waals surface area contributed by atoms with Crippen LogP contribution in [-0.4, -0.2) is 43.6 Å². The van der Waals surface area contributed by atoms with Gasteiger partial charge in [0.1, 0.15) is 12.2 Å². The minimum atomic E-state index is -0.711. The Balaban J connectivity index is 2.29. The summed E-state index contributed by atoms with van der Waals surface area (Å²) < 4.78 is 9.47. The lowest BCUT2D eigenvalue weighted by Crippen LogP contribution is -2.36. The molecule has 1 heterocycles. The Bertz CT molecular complexity index is 694. The molecule has 7 nitrogen and oxygen atoms in total. The fourth-order valence-electron chi connectivity index (χ4n) is 1.93. The van der Waals surface area contributed by atoms with Crippen molar-refractivity contribution in [2.45, 2.75) is 0 Å². The van der Waals surface area contributed by atoms with E-state index in [1.165, 1.54) is 32.4 Å². The van der Waals surface area contributed by atoms with Crippen LogP contribution < -0.4 is 10.1 Å². The second-order valence-electron chi connectivity index (χ2n) is 4.47. The van der Waals surface area contributed by atoms with Gasteiger partial charge in [-0.15, -0.1) is 0 Å². The van der Waals surface area contributed by atoms with Gasteiger partial charge in [0.05, 0.1) is 24.3 Å². The first-order chi connectivity index (χ1) is 10.9. The van der Waals surface area contributed by atoms with Crippen LogP contribution in [0.1, 0.15) is 5.56 Å². The maximum absolute atomic E-state index is 12.1. The van der Waals surface area contributed by atoms with Crippen LogP contribution in [0, 0.1) is 0 Å². The minimum Gasteiger partial charge on any atom is -0.494 e. The second kappa shape index (κ2) is 6.89. The van der Waals surface area contributed by atoms with Gasteiger partial charge in [-0.05, 0) is 23.8 Å². The molecular weight excluding hydrogens is 347 g/mol. The first kappa shape index (κ1) is 17.1. The molecule has 0 unspecified atom stereocenters. The van der Waals surface area contributed by atoms with Gasteiger partial charge < -0.3 is 14.8 Å². The van der Waals surface area contributed by atoms with E-state index >= 15 is 0 Å². The monoisotopic (exact) mass is 358 g/mol. The molecule has 122 valence electrons. The molecule has 1 aliphatic rings. The second-order valence-corrected chi connectivity index (χ2v) is 5.29. The van der Waals surface area contributed by atoms with Crippen LogP contribution in [-0.2, 0) is 14.3 Å². The Labute approximate surface area is 141 Å². The molecule has 1 aromatic carbocycles. The lowest BCUT2D eigenvalue weighted by molar-refractivity contribution is -0.143. The zero-order chi connectivity index (χ0) is 17.1. The summed E-state index contributed by atoms with van der Waals surface area (Å²) in [6.07, 6.45) is 1.40. The average Bonchev–Trinajstić information content (AvgIpc) is 2.74. The van der Waals surface area contributed by atoms with Gasteiger partial charge in [-0.2, -0.15) is 0 Å². The van der Waals surface area contributed by atoms with Crippen molar-refractivity contribution < 1.29 is 23.9 Å². The lowest BCUT2D eigenvalue weighted by Gasteiger charge is -2.09. The molecule has 0 radical (unpaired) electrons. The van der Waals surface area contributed by atoms with E-state index in [0.29, 0.717) is 11.3 Å². The van der Waals surface area contributed by atoms with E-state index in [1.807, 2.05) is 0 Å². The Hall–Kier alpha value is -2.25. The number of nitrogens with zero attached hydrogens (tertiary/aromatic N) is 1. The van der Waals surface area contributed by atoms with Crippen LogP contribution in [0.25, 0.3) is 6.08 Å². The van der Waals surface area contributed by atoms with E-state index in [4.69, 9.17) is 27.9 Å². The molecule has 0 spiro atoms. The first-order valence-electron chi connectivity index (χ1n) is 6.31. The summed E-state index contributed by atoms with van der Waals surface area (Å²) in [6.45, 7) is -0.470. The van der Waals surface area contributed by atoms with Crippen LogP contribution in [0.5, 0.6) is 5.75 Å². The van der Waals surface area contributed by atoms with Crippen molar-refractivity contribution in [2.75, 3.05) is 20.8 Å². The van der Waals surface area contributed by atoms with Gasteiger partial charge in [0.2, 0.25) is 0 Å². The van der Waals surface area contributed by atoms with Crippen molar-refractivity contribution in [3.8, 4) is 5.75 Å². The molecular formula is C14H12Cl2N2O5. The highest BCUT2D eigenvalue weighted by atomic mass is 35.5. The SMILES string of the molecule is COC(=O)CN1C(=O)N/C(=C/c2cc(Cl)c(OC)c(Cl)c2)C1=O. The molecule has 1 aliphatic heterocycles. The quantitative estimate of drug-likeness (QED) is 0.505. The van der Waals surface area contributed by atoms with Crippen LogP contribution >= 0.6 is 23.2 Å². The van der Waals surface area contributed by atoms with Gasteiger partial charge >= 0.3 is 12.0 Å². The summed E-state index contributed by atoms with van der Waals surface area (Å²) in [5.41, 5.74) is 0.487. The highest BCUT2D eigenvalue weighted by molar-refractivity contribution is 6.37. The first-order valence-corrected chi connectivity index (χ1v) is 7.07. The fraction of sp³-hybridized carbons (Fsp3) is 0.214. The highest BCUT2D eigenvalue weighted by Crippen LogP contribution is 2.34. The van der Waals surface area contributed by atoms with Crippen LogP contribution in [0.15, 0.2) is 17.8 Å². The van der Waals surface area contributed by atoms with E-state index < -0.39 is 24.5 Å². The van der Waals surface area contributed by atoms with Crippen molar-refractivity contribution in [2.24, 2.45) is 0 Å². The molecule has 1 aromatic rings. The van der Waals surface area contributed by atoms with E-state index in [-0.39, 0.29) is 15.7 Å². The smallest absolute Gasteiger partial charge is 0.329 e. The molecule has 0 aliphatic carbocycles. The number of carbonyl (C=O) groups excluding carboxylic acids is 3. The van der Waals surface area contributed by atoms with E-state index in [9.17, 15) is 14.4 Å². The molecule has 0 bridgehead atoms. The number of ether oxygens (including phenoxy) is 2. The Morgan fingerprint density at radius 3 is 2.39 bits per heavy atom. The third-order valence-corrected chi connectivity index (χ3v) is 3.57. The number of methoxy groups -OCH3 is 2. The molecule has 1 fully saturated rings. The van der Waals surface area contributed by atoms with Crippen LogP contribution in [0.3, 0.4) is 0 Å². The highest BCUT2D eigenvalue weighted by Gasteiger charge is 2.35. The van der Waals surface area contributed by atoms with E-state index in [1.54, 1.807) is 0 Å². The molecule has 0 saturated carbocycles. The standard InChI is InChI=1S/C14H12Cl2N2O5/c1-22-11(19)6-18-13(20)10(17-14(18)21)5-7-3-8(15)12(23-2)9(16)4-7/h3-5H,6H2,1-2H3,(H,17,21)/b10-5+. The largest absolute Gasteiger partial charge is 0.494 e. The maximum atomic E-state index is 12.1. The zero-order valence-electron chi connectivity index (χ0n) is 12.2. The normalized spacial score (nSPS) is 15.8. The van der Waals surface area contributed by atoms with Crippen molar-refractivity contribution in [1.82, 2.24) is 10.2 Å². The predicted molar refractivity (Wildman–Crippen MR) is 83.3 cm³/mol. The summed E-state index contributed by atoms with van der Waals surface area (Å²) in [7, 11) is 2.59. The Morgan fingerprint density at radius 1 is 1.26 bits per heavy atom. The Kier molecular flexibility index (Phi) is 5.12. The van der Waals surface area contributed by atoms with Gasteiger partial charge in [0, 0.05) is 0 Å². The molecule has 1 N–H and O–H groups in total. The lowest BCUT2D eigenvalue weighted by atomic mass is 10.2. The molecule has 0 aromatic heterocycles. The van der Waals surface area contributed by atoms with Crippen molar-refractivity contribution in [1.29, 1.82) is 0 Å². The molecule has 2 rings (SSSR count). The number of benzene rings is 1. The molecule has 23 heavy (non-hydrogen) atoms. The molecule has 0 atom stereocenters. The number of rotatable bonds is 4. The molecule has 3 amide bonds. The number of carbonyl (C=O) groups is 3. The van der Waals surface area contributed by atoms with Crippen molar-refractivity contribution in [3.63, 3.8) is 0 Å². The van der Waals surface area contributed by atoms with Crippen molar-refractivity contribution in [3.05, 3.63) is 33.4 Å². The van der Waals surface area contributed by atoms with E-state index in [0.717, 1.165) is 4.90 Å². The van der Waals surface area contributed by atoms with Gasteiger partial charge in [-0.25, -0.2) is 9.69 Å². The number of hydrogen-bond donors (Lipinski definition) is 1. The third-order valence-electron chi connectivity index (χ3n) is 3.01. The number of imide groups is 1. The third kappa shape index (κ3) is 3.57. The maximum Gasteiger partial charge on any atom is 0.329 e. The summed E-state index contributed by atoms with van der Waals surface area (Å²) in [4.78, 5) is 35.8. The van der Waals surface area contributed by atoms with Crippen LogP contribution in [0.4, 0.5) is 4.79 Å². The van der Waals surface area contributed by atoms with Gasteiger partial charge in [-0.1, -0.05) is 23.2 Å². The average molecular weight is 359 g/mol.